The van der Waals surface area contributed by atoms with Crippen molar-refractivity contribution in [1.82, 2.24) is 5.16 Å². The van der Waals surface area contributed by atoms with E-state index in [9.17, 15) is 9.59 Å². The molecule has 2 heterocycles. The molecule has 0 saturated carbocycles. The lowest BCUT2D eigenvalue weighted by molar-refractivity contribution is -0.114. The monoisotopic (exact) mass is 419 g/mol. The van der Waals surface area contributed by atoms with Crippen molar-refractivity contribution in [2.75, 3.05) is 16.8 Å². The van der Waals surface area contributed by atoms with E-state index in [-0.39, 0.29) is 11.8 Å². The molecule has 1 aliphatic heterocycles. The van der Waals surface area contributed by atoms with Crippen LogP contribution in [0.3, 0.4) is 0 Å². The first-order valence-corrected chi connectivity index (χ1v) is 10.3. The molecule has 0 atom stereocenters. The summed E-state index contributed by atoms with van der Waals surface area (Å²) in [7, 11) is 0. The molecule has 31 heavy (non-hydrogen) atoms. The summed E-state index contributed by atoms with van der Waals surface area (Å²) in [6.45, 7) is 6.16. The fraction of sp³-hybridized carbons (Fsp3) is 0.292. The van der Waals surface area contributed by atoms with Gasteiger partial charge in [0.05, 0.1) is 11.3 Å². The minimum atomic E-state index is -0.125. The Bertz CT molecular complexity index is 1120. The predicted octanol–water partition coefficient (Wildman–Crippen LogP) is 4.42. The number of carbonyl (C=O) groups excluding carboxylic acids is 2. The van der Waals surface area contributed by atoms with Crippen LogP contribution in [0.4, 0.5) is 11.4 Å². The van der Waals surface area contributed by atoms with Gasteiger partial charge in [-0.3, -0.25) is 9.59 Å². The lowest BCUT2D eigenvalue weighted by Gasteiger charge is -2.31. The minimum absolute atomic E-state index is 0.0938. The number of ether oxygens (including phenoxy) is 1. The molecule has 2 aromatic carbocycles. The average Bonchev–Trinajstić information content (AvgIpc) is 3.08. The van der Waals surface area contributed by atoms with E-state index in [2.05, 4.69) is 10.5 Å². The van der Waals surface area contributed by atoms with Gasteiger partial charge in [-0.2, -0.15) is 0 Å². The van der Waals surface area contributed by atoms with Crippen molar-refractivity contribution >= 4 is 23.2 Å². The van der Waals surface area contributed by atoms with Gasteiger partial charge in [0, 0.05) is 30.4 Å². The summed E-state index contributed by atoms with van der Waals surface area (Å²) in [5.74, 6) is 1.11. The molecule has 1 aromatic heterocycles. The molecular formula is C24H25N3O4. The number of hydrogen-bond acceptors (Lipinski definition) is 5. The maximum atomic E-state index is 13.3. The molecule has 1 aliphatic rings. The number of benzene rings is 2. The normalized spacial score (nSPS) is 12.9. The van der Waals surface area contributed by atoms with Gasteiger partial charge in [0.25, 0.3) is 5.91 Å². The second-order valence-corrected chi connectivity index (χ2v) is 7.66. The van der Waals surface area contributed by atoms with E-state index in [1.54, 1.807) is 17.0 Å². The number of aryl methyl sites for hydroxylation is 2. The minimum Gasteiger partial charge on any atom is -0.489 e. The van der Waals surface area contributed by atoms with Gasteiger partial charge in [0.1, 0.15) is 18.1 Å². The highest BCUT2D eigenvalue weighted by Gasteiger charge is 2.25. The van der Waals surface area contributed by atoms with E-state index < -0.39 is 0 Å². The molecule has 1 N–H and O–H groups in total. The van der Waals surface area contributed by atoms with Crippen molar-refractivity contribution in [3.8, 4) is 5.75 Å². The van der Waals surface area contributed by atoms with E-state index >= 15 is 0 Å². The van der Waals surface area contributed by atoms with Gasteiger partial charge in [-0.1, -0.05) is 17.3 Å². The Kier molecular flexibility index (Phi) is 5.75. The van der Waals surface area contributed by atoms with Gasteiger partial charge in [0.2, 0.25) is 5.91 Å². The molecule has 3 aromatic rings. The predicted molar refractivity (Wildman–Crippen MR) is 117 cm³/mol. The molecule has 0 radical (unpaired) electrons. The number of anilines is 2. The van der Waals surface area contributed by atoms with Crippen LogP contribution in [0.1, 0.15) is 46.3 Å². The Morgan fingerprint density at radius 2 is 2.00 bits per heavy atom. The molecular weight excluding hydrogens is 394 g/mol. The average molecular weight is 419 g/mol. The van der Waals surface area contributed by atoms with Crippen molar-refractivity contribution in [2.24, 2.45) is 0 Å². The maximum Gasteiger partial charge on any atom is 0.258 e. The van der Waals surface area contributed by atoms with Crippen LogP contribution in [0.25, 0.3) is 0 Å². The van der Waals surface area contributed by atoms with Gasteiger partial charge in [-0.25, -0.2) is 0 Å². The summed E-state index contributed by atoms with van der Waals surface area (Å²) in [4.78, 5) is 26.7. The molecule has 0 saturated heterocycles. The highest BCUT2D eigenvalue weighted by atomic mass is 16.5. The summed E-state index contributed by atoms with van der Waals surface area (Å²) in [6, 6.07) is 12.8. The molecule has 0 unspecified atom stereocenters. The zero-order valence-electron chi connectivity index (χ0n) is 17.9. The zero-order valence-corrected chi connectivity index (χ0v) is 17.9. The molecule has 4 rings (SSSR count). The highest BCUT2D eigenvalue weighted by molar-refractivity contribution is 6.07. The topological polar surface area (TPSA) is 84.7 Å². The largest absolute Gasteiger partial charge is 0.489 e. The van der Waals surface area contributed by atoms with Crippen LogP contribution in [0.5, 0.6) is 5.75 Å². The molecule has 7 nitrogen and oxygen atoms in total. The first-order valence-electron chi connectivity index (χ1n) is 10.3. The van der Waals surface area contributed by atoms with Gasteiger partial charge < -0.3 is 19.5 Å². The summed E-state index contributed by atoms with van der Waals surface area (Å²) in [6.07, 6.45) is 1.65. The zero-order chi connectivity index (χ0) is 22.0. The van der Waals surface area contributed by atoms with Crippen LogP contribution in [-0.4, -0.2) is 23.5 Å². The SMILES string of the molecule is CC(=O)Nc1cccc2c1CCCN2C(=O)c1cccc(OCc2c(C)noc2C)c1. The smallest absolute Gasteiger partial charge is 0.258 e. The molecule has 7 heteroatoms. The number of nitrogens with zero attached hydrogens (tertiary/aromatic N) is 2. The van der Waals surface area contributed by atoms with E-state index in [0.717, 1.165) is 46.8 Å². The summed E-state index contributed by atoms with van der Waals surface area (Å²) >= 11 is 0. The Morgan fingerprint density at radius 1 is 1.19 bits per heavy atom. The first kappa shape index (κ1) is 20.7. The van der Waals surface area contributed by atoms with Gasteiger partial charge >= 0.3 is 0 Å². The molecule has 160 valence electrons. The van der Waals surface area contributed by atoms with Crippen molar-refractivity contribution < 1.29 is 18.8 Å². The number of hydrogen-bond donors (Lipinski definition) is 1. The van der Waals surface area contributed by atoms with E-state index in [0.29, 0.717) is 24.5 Å². The van der Waals surface area contributed by atoms with Gasteiger partial charge in [-0.15, -0.1) is 0 Å². The van der Waals surface area contributed by atoms with Crippen LogP contribution in [0, 0.1) is 13.8 Å². The Morgan fingerprint density at radius 3 is 2.74 bits per heavy atom. The summed E-state index contributed by atoms with van der Waals surface area (Å²) < 4.78 is 11.1. The van der Waals surface area contributed by atoms with Crippen molar-refractivity contribution in [1.29, 1.82) is 0 Å². The number of nitrogens with one attached hydrogen (secondary N) is 1. The van der Waals surface area contributed by atoms with Crippen molar-refractivity contribution in [2.45, 2.75) is 40.2 Å². The standard InChI is InChI=1S/C24H25N3O4/c1-15-21(16(2)31-26-15)14-30-19-8-4-7-18(13-19)24(29)27-12-6-9-20-22(25-17(3)28)10-5-11-23(20)27/h4-5,7-8,10-11,13H,6,9,12,14H2,1-3H3,(H,25,28). The Balaban J connectivity index is 1.56. The third-order valence-electron chi connectivity index (χ3n) is 5.45. The Labute approximate surface area is 181 Å². The second kappa shape index (κ2) is 8.63. The lowest BCUT2D eigenvalue weighted by Crippen LogP contribution is -2.35. The lowest BCUT2D eigenvalue weighted by atomic mass is 9.98. The highest BCUT2D eigenvalue weighted by Crippen LogP contribution is 2.34. The van der Waals surface area contributed by atoms with Crippen molar-refractivity contribution in [3.05, 3.63) is 70.6 Å². The third kappa shape index (κ3) is 4.30. The molecule has 2 amide bonds. The third-order valence-corrected chi connectivity index (χ3v) is 5.45. The fourth-order valence-corrected chi connectivity index (χ4v) is 3.88. The van der Waals surface area contributed by atoms with E-state index in [1.165, 1.54) is 6.92 Å². The van der Waals surface area contributed by atoms with Gasteiger partial charge in [0.15, 0.2) is 0 Å². The molecule has 0 spiro atoms. The van der Waals surface area contributed by atoms with Crippen LogP contribution >= 0.6 is 0 Å². The van der Waals surface area contributed by atoms with Gasteiger partial charge in [-0.05, 0) is 62.6 Å². The number of aromatic nitrogens is 1. The van der Waals surface area contributed by atoms with Crippen LogP contribution in [0.15, 0.2) is 47.0 Å². The van der Waals surface area contributed by atoms with Crippen LogP contribution in [0.2, 0.25) is 0 Å². The van der Waals surface area contributed by atoms with Crippen molar-refractivity contribution in [3.63, 3.8) is 0 Å². The molecule has 0 aliphatic carbocycles. The molecule has 0 fully saturated rings. The summed E-state index contributed by atoms with van der Waals surface area (Å²) in [5, 5.41) is 6.81. The Hall–Kier alpha value is -3.61. The van der Waals surface area contributed by atoms with E-state index in [4.69, 9.17) is 9.26 Å². The molecule has 0 bridgehead atoms. The number of carbonyl (C=O) groups is 2. The fourth-order valence-electron chi connectivity index (χ4n) is 3.88. The summed E-state index contributed by atoms with van der Waals surface area (Å²) in [5.41, 5.74) is 4.84. The first-order chi connectivity index (χ1) is 14.9. The maximum absolute atomic E-state index is 13.3. The second-order valence-electron chi connectivity index (χ2n) is 7.66. The van der Waals surface area contributed by atoms with Crippen LogP contribution < -0.4 is 15.0 Å². The number of fused-ring (bicyclic) bond motifs is 1. The quantitative estimate of drug-likeness (QED) is 0.662. The van der Waals surface area contributed by atoms with Crippen LogP contribution in [-0.2, 0) is 17.8 Å². The number of amides is 2. The number of rotatable bonds is 5. The van der Waals surface area contributed by atoms with E-state index in [1.807, 2.05) is 44.2 Å².